The first-order chi connectivity index (χ1) is 9.65. The van der Waals surface area contributed by atoms with E-state index in [0.717, 1.165) is 12.3 Å². The van der Waals surface area contributed by atoms with Crippen molar-refractivity contribution in [1.29, 1.82) is 0 Å². The molecule has 2 fully saturated rings. The van der Waals surface area contributed by atoms with Crippen molar-refractivity contribution in [2.45, 2.75) is 71.9 Å². The maximum absolute atomic E-state index is 12.3. The second-order valence-electron chi connectivity index (χ2n) is 8.35. The van der Waals surface area contributed by atoms with Crippen molar-refractivity contribution in [3.05, 3.63) is 0 Å². The summed E-state index contributed by atoms with van der Waals surface area (Å²) in [6, 6.07) is -0.0933. The molecule has 4 nitrogen and oxygen atoms in total. The fourth-order valence-electron chi connectivity index (χ4n) is 3.66. The molecule has 1 saturated carbocycles. The van der Waals surface area contributed by atoms with E-state index in [0.29, 0.717) is 12.5 Å². The number of hydrogen-bond acceptors (Lipinski definition) is 3. The molecule has 4 heteroatoms. The molecule has 0 aromatic carbocycles. The van der Waals surface area contributed by atoms with Crippen LogP contribution < -0.4 is 0 Å². The number of likely N-dealkylation sites (tertiary alicyclic amines) is 1. The Bertz CT molecular complexity index is 382. The van der Waals surface area contributed by atoms with Crippen molar-refractivity contribution in [2.24, 2.45) is 17.3 Å². The molecular formula is C17H31NO3. The van der Waals surface area contributed by atoms with Gasteiger partial charge in [-0.1, -0.05) is 20.3 Å². The predicted octanol–water partition coefficient (Wildman–Crippen LogP) is 3.43. The smallest absolute Gasteiger partial charge is 0.410 e. The summed E-state index contributed by atoms with van der Waals surface area (Å²) in [4.78, 5) is 14.1. The highest BCUT2D eigenvalue weighted by Gasteiger charge is 2.47. The quantitative estimate of drug-likeness (QED) is 0.868. The van der Waals surface area contributed by atoms with Crippen molar-refractivity contribution in [3.63, 3.8) is 0 Å². The van der Waals surface area contributed by atoms with E-state index in [1.54, 1.807) is 4.90 Å². The van der Waals surface area contributed by atoms with Crippen molar-refractivity contribution in [3.8, 4) is 0 Å². The molecular weight excluding hydrogens is 266 g/mol. The van der Waals surface area contributed by atoms with Gasteiger partial charge in [-0.2, -0.15) is 0 Å². The van der Waals surface area contributed by atoms with Gasteiger partial charge in [-0.15, -0.1) is 0 Å². The summed E-state index contributed by atoms with van der Waals surface area (Å²) >= 11 is 0. The van der Waals surface area contributed by atoms with Gasteiger partial charge >= 0.3 is 6.09 Å². The molecule has 0 aromatic rings. The average molecular weight is 297 g/mol. The van der Waals surface area contributed by atoms with Crippen LogP contribution in [0.15, 0.2) is 0 Å². The first-order valence-corrected chi connectivity index (χ1v) is 8.25. The minimum absolute atomic E-state index is 0.0243. The number of carbonyl (C=O) groups is 1. The summed E-state index contributed by atoms with van der Waals surface area (Å²) in [5, 5.41) is 9.63. The molecule has 1 aliphatic heterocycles. The molecule has 0 bridgehead atoms. The second kappa shape index (κ2) is 5.79. The molecule has 2 aliphatic rings. The molecule has 1 amide bonds. The molecule has 122 valence electrons. The lowest BCUT2D eigenvalue weighted by molar-refractivity contribution is 0.0145. The van der Waals surface area contributed by atoms with Gasteiger partial charge < -0.3 is 14.7 Å². The van der Waals surface area contributed by atoms with E-state index in [4.69, 9.17) is 4.74 Å². The van der Waals surface area contributed by atoms with Gasteiger partial charge in [-0.25, -0.2) is 4.79 Å². The molecule has 21 heavy (non-hydrogen) atoms. The summed E-state index contributed by atoms with van der Waals surface area (Å²) in [6.45, 7) is 11.0. The van der Waals surface area contributed by atoms with Crippen molar-refractivity contribution in [1.82, 2.24) is 4.90 Å². The zero-order valence-corrected chi connectivity index (χ0v) is 14.2. The zero-order valence-electron chi connectivity index (χ0n) is 14.2. The van der Waals surface area contributed by atoms with E-state index in [1.165, 1.54) is 19.3 Å². The third-order valence-electron chi connectivity index (χ3n) is 5.46. The Morgan fingerprint density at radius 3 is 2.24 bits per heavy atom. The van der Waals surface area contributed by atoms with Crippen LogP contribution in [-0.4, -0.2) is 40.9 Å². The largest absolute Gasteiger partial charge is 0.444 e. The molecule has 2 atom stereocenters. The van der Waals surface area contributed by atoms with E-state index in [1.807, 2.05) is 20.8 Å². The molecule has 1 saturated heterocycles. The first-order valence-electron chi connectivity index (χ1n) is 8.25. The predicted molar refractivity (Wildman–Crippen MR) is 83.0 cm³/mol. The molecule has 1 N–H and O–H groups in total. The van der Waals surface area contributed by atoms with Crippen LogP contribution in [0.1, 0.15) is 60.3 Å². The lowest BCUT2D eigenvalue weighted by Crippen LogP contribution is -2.42. The van der Waals surface area contributed by atoms with Gasteiger partial charge in [0.2, 0.25) is 0 Å². The minimum atomic E-state index is -0.487. The molecule has 0 aromatic heterocycles. The number of rotatable bonds is 3. The Morgan fingerprint density at radius 1 is 1.19 bits per heavy atom. The van der Waals surface area contributed by atoms with Crippen LogP contribution in [-0.2, 0) is 4.74 Å². The number of aliphatic hydroxyl groups is 1. The number of aliphatic hydroxyl groups excluding tert-OH is 1. The molecule has 0 spiro atoms. The van der Waals surface area contributed by atoms with E-state index < -0.39 is 5.60 Å². The number of amides is 1. The summed E-state index contributed by atoms with van der Waals surface area (Å²) < 4.78 is 5.49. The maximum Gasteiger partial charge on any atom is 0.410 e. The van der Waals surface area contributed by atoms with Crippen LogP contribution in [0.5, 0.6) is 0 Å². The highest BCUT2D eigenvalue weighted by molar-refractivity contribution is 5.69. The van der Waals surface area contributed by atoms with Crippen LogP contribution in [0.4, 0.5) is 4.79 Å². The van der Waals surface area contributed by atoms with Gasteiger partial charge in [0, 0.05) is 6.54 Å². The topological polar surface area (TPSA) is 49.8 Å². The summed E-state index contributed by atoms with van der Waals surface area (Å²) in [5.41, 5.74) is -0.249. The first kappa shape index (κ1) is 16.6. The van der Waals surface area contributed by atoms with Gasteiger partial charge in [0.15, 0.2) is 0 Å². The number of hydrogen-bond donors (Lipinski definition) is 1. The van der Waals surface area contributed by atoms with Crippen LogP contribution in [0.3, 0.4) is 0 Å². The normalized spacial score (nSPS) is 27.6. The van der Waals surface area contributed by atoms with Crippen molar-refractivity contribution in [2.75, 3.05) is 13.2 Å². The van der Waals surface area contributed by atoms with Crippen LogP contribution >= 0.6 is 0 Å². The number of carbonyl (C=O) groups excluding carboxylic acids is 1. The van der Waals surface area contributed by atoms with E-state index >= 15 is 0 Å². The van der Waals surface area contributed by atoms with Gasteiger partial charge in [0.1, 0.15) is 5.60 Å². The Hall–Kier alpha value is -0.770. The highest BCUT2D eigenvalue weighted by Crippen LogP contribution is 2.50. The van der Waals surface area contributed by atoms with Crippen molar-refractivity contribution >= 4 is 6.09 Å². The third kappa shape index (κ3) is 3.53. The van der Waals surface area contributed by atoms with Gasteiger partial charge in [0.05, 0.1) is 12.6 Å². The molecule has 1 unspecified atom stereocenters. The standard InChI is InChI=1S/C17H31NO3/c1-16(2,3)21-15(20)18-10-13(9-14(18)11-19)17(4,5)12-7-6-8-12/h12-14,19H,6-11H2,1-5H3/t13?,14-/m0/s1. The third-order valence-corrected chi connectivity index (χ3v) is 5.46. The minimum Gasteiger partial charge on any atom is -0.444 e. The Balaban J connectivity index is 2.04. The van der Waals surface area contributed by atoms with Gasteiger partial charge in [0.25, 0.3) is 0 Å². The average Bonchev–Trinajstić information content (AvgIpc) is 2.67. The summed E-state index contributed by atoms with van der Waals surface area (Å²) in [7, 11) is 0. The molecule has 1 heterocycles. The van der Waals surface area contributed by atoms with Crippen molar-refractivity contribution < 1.29 is 14.6 Å². The van der Waals surface area contributed by atoms with E-state index in [2.05, 4.69) is 13.8 Å². The van der Waals surface area contributed by atoms with E-state index in [-0.39, 0.29) is 24.2 Å². The summed E-state index contributed by atoms with van der Waals surface area (Å²) in [6.07, 6.45) is 4.55. The molecule has 2 rings (SSSR count). The SMILES string of the molecule is CC(C)(C)OC(=O)N1CC(C(C)(C)C2CCC2)C[C@H]1CO. The Labute approximate surface area is 128 Å². The van der Waals surface area contributed by atoms with Crippen LogP contribution in [0.2, 0.25) is 0 Å². The zero-order chi connectivity index (χ0) is 15.8. The Morgan fingerprint density at radius 2 is 1.81 bits per heavy atom. The summed E-state index contributed by atoms with van der Waals surface area (Å²) in [5.74, 6) is 1.22. The fourth-order valence-corrected chi connectivity index (χ4v) is 3.66. The maximum atomic E-state index is 12.3. The lowest BCUT2D eigenvalue weighted by atomic mass is 9.61. The number of nitrogens with zero attached hydrogens (tertiary/aromatic N) is 1. The Kier molecular flexibility index (Phi) is 4.57. The fraction of sp³-hybridized carbons (Fsp3) is 0.941. The number of ether oxygens (including phenoxy) is 1. The van der Waals surface area contributed by atoms with Gasteiger partial charge in [-0.05, 0) is 57.3 Å². The van der Waals surface area contributed by atoms with Gasteiger partial charge in [-0.3, -0.25) is 0 Å². The molecule has 0 radical (unpaired) electrons. The van der Waals surface area contributed by atoms with E-state index in [9.17, 15) is 9.90 Å². The molecule has 1 aliphatic carbocycles. The second-order valence-corrected chi connectivity index (χ2v) is 8.35. The highest BCUT2D eigenvalue weighted by atomic mass is 16.6. The van der Waals surface area contributed by atoms with Crippen LogP contribution in [0, 0.1) is 17.3 Å². The monoisotopic (exact) mass is 297 g/mol. The van der Waals surface area contributed by atoms with Crippen LogP contribution in [0.25, 0.3) is 0 Å². The lowest BCUT2D eigenvalue weighted by Gasteiger charge is -2.44.